The molecule has 69 heavy (non-hydrogen) atoms. The Morgan fingerprint density at radius 2 is 0.565 bits per heavy atom. The lowest BCUT2D eigenvalue weighted by molar-refractivity contribution is -0.898. The number of hydrogen-bond acceptors (Lipinski definition) is 1. The van der Waals surface area contributed by atoms with Crippen LogP contribution in [-0.4, -0.2) is 6.15 Å². The second-order valence-corrected chi connectivity index (χ2v) is 14.9. The molecule has 0 atom stereocenters. The highest BCUT2D eigenvalue weighted by Crippen LogP contribution is 2.43. The van der Waals surface area contributed by atoms with Crippen LogP contribution in [0.2, 0.25) is 0 Å². The SMILES string of the molecule is Fc1c(F)c(F)c([B-](c2c(F)c(F)c(F)c(F)c2F)(c2c(F)c(F)c(F)c(F)c2F)c2c(F)c(F)c(F)c(F)c2F)c(F)c1F.c1ccc2c(c1)-c1ccccc1C2O[n+]1ccc2ccccc2c1. The molecule has 0 N–H and O–H groups in total. The van der Waals surface area contributed by atoms with Gasteiger partial charge in [0.05, 0.1) is 5.39 Å². The van der Waals surface area contributed by atoms with Crippen LogP contribution in [0.1, 0.15) is 17.2 Å². The normalized spacial score (nSPS) is 12.3. The first-order valence-corrected chi connectivity index (χ1v) is 19.1. The van der Waals surface area contributed by atoms with Crippen molar-refractivity contribution in [2.45, 2.75) is 6.10 Å². The van der Waals surface area contributed by atoms with E-state index in [4.69, 9.17) is 4.84 Å². The maximum Gasteiger partial charge on any atom is 0.230 e. The summed E-state index contributed by atoms with van der Waals surface area (Å²) in [6.07, 6.45) is -3.28. The van der Waals surface area contributed by atoms with E-state index >= 15 is 35.1 Å². The number of pyridine rings is 1. The average molecular weight is 989 g/mol. The maximum absolute atomic E-state index is 15.4. The molecule has 1 heterocycles. The standard InChI is InChI=1S/C24BF20.C22H16NO/c26-5-1(6(27)14(35)21(42)13(5)34)25(2-7(28)15(36)22(43)16(37)8(2)29,3-9(30)17(38)23(44)18(39)10(3)31)4-11(32)19(40)24(45)20(41)12(4)33;1-2-8-17-15-23(14-13-16(17)7-1)24-22-20-11-5-3-9-18(20)19-10-4-6-12-21(19)22/h;1-15,22H/q-1;+1. The molecule has 23 heteroatoms. The molecule has 8 aromatic rings. The Labute approximate surface area is 371 Å². The number of aromatic nitrogens is 1. The van der Waals surface area contributed by atoms with Gasteiger partial charge in [-0.1, -0.05) is 66.7 Å². The summed E-state index contributed by atoms with van der Waals surface area (Å²) in [6.45, 7) is 0. The van der Waals surface area contributed by atoms with Crippen LogP contribution >= 0.6 is 0 Å². The van der Waals surface area contributed by atoms with Gasteiger partial charge in [-0.3, -0.25) is 4.84 Å². The minimum absolute atomic E-state index is 0.0800. The Hall–Kier alpha value is -7.59. The molecule has 0 fully saturated rings. The number of hydrogen-bond donors (Lipinski definition) is 0. The molecular formula is C46H16BF20NO. The molecule has 1 aromatic heterocycles. The molecule has 0 saturated carbocycles. The van der Waals surface area contributed by atoms with Crippen LogP contribution in [0.15, 0.2) is 91.3 Å². The summed E-state index contributed by atoms with van der Waals surface area (Å²) >= 11 is 0. The fourth-order valence-electron chi connectivity index (χ4n) is 8.40. The van der Waals surface area contributed by atoms with E-state index in [0.717, 1.165) is 0 Å². The van der Waals surface area contributed by atoms with Crippen LogP contribution in [0.4, 0.5) is 87.8 Å². The molecule has 0 saturated heterocycles. The third kappa shape index (κ3) is 7.10. The molecule has 9 rings (SSSR count). The Kier molecular flexibility index (Phi) is 12.1. The first-order chi connectivity index (χ1) is 32.6. The summed E-state index contributed by atoms with van der Waals surface area (Å²) in [6, 6.07) is 27.4. The number of fused-ring (bicyclic) bond motifs is 4. The Morgan fingerprint density at radius 3 is 0.884 bits per heavy atom. The fourth-order valence-corrected chi connectivity index (χ4v) is 8.40. The van der Waals surface area contributed by atoms with Gasteiger partial charge < -0.3 is 0 Å². The molecule has 2 nitrogen and oxygen atoms in total. The zero-order valence-corrected chi connectivity index (χ0v) is 33.2. The largest absolute Gasteiger partial charge is 0.258 e. The number of rotatable bonds is 6. The average Bonchev–Trinajstić information content (AvgIpc) is 3.66. The van der Waals surface area contributed by atoms with Crippen molar-refractivity contribution in [2.75, 3.05) is 0 Å². The van der Waals surface area contributed by atoms with E-state index in [0.29, 0.717) is 0 Å². The van der Waals surface area contributed by atoms with E-state index in [1.807, 2.05) is 23.2 Å². The molecule has 1 aliphatic carbocycles. The Bertz CT molecular complexity index is 3030. The number of benzene rings is 7. The van der Waals surface area contributed by atoms with Gasteiger partial charge in [0.2, 0.25) is 18.5 Å². The quantitative estimate of drug-likeness (QED) is 0.0532. The molecule has 0 aliphatic heterocycles. The van der Waals surface area contributed by atoms with Crippen molar-refractivity contribution in [3.63, 3.8) is 0 Å². The van der Waals surface area contributed by atoms with Crippen LogP contribution in [0.5, 0.6) is 0 Å². The van der Waals surface area contributed by atoms with E-state index in [1.54, 1.807) is 0 Å². The predicted octanol–water partition coefficient (Wildman–Crippen LogP) is 10.2. The minimum Gasteiger partial charge on any atom is -0.258 e. The van der Waals surface area contributed by atoms with Gasteiger partial charge in [-0.2, -0.15) is 0 Å². The molecule has 354 valence electrons. The number of nitrogens with zero attached hydrogens (tertiary/aromatic N) is 1. The van der Waals surface area contributed by atoms with Gasteiger partial charge in [0, 0.05) is 21.9 Å². The summed E-state index contributed by atoms with van der Waals surface area (Å²) < 4.78 is 296. The molecule has 0 unspecified atom stereocenters. The molecule has 0 spiro atoms. The van der Waals surface area contributed by atoms with Gasteiger partial charge in [0.1, 0.15) is 52.7 Å². The Morgan fingerprint density at radius 1 is 0.304 bits per heavy atom. The van der Waals surface area contributed by atoms with E-state index in [1.165, 1.54) is 33.0 Å². The lowest BCUT2D eigenvalue weighted by Gasteiger charge is -2.44. The van der Waals surface area contributed by atoms with Gasteiger partial charge >= 0.3 is 0 Å². The topological polar surface area (TPSA) is 13.1 Å². The van der Waals surface area contributed by atoms with Crippen LogP contribution in [0, 0.1) is 116 Å². The molecule has 0 radical (unpaired) electrons. The zero-order valence-electron chi connectivity index (χ0n) is 33.2. The summed E-state index contributed by atoms with van der Waals surface area (Å²) in [5.41, 5.74) is -9.36. The molecular weight excluding hydrogens is 973 g/mol. The van der Waals surface area contributed by atoms with Crippen molar-refractivity contribution in [1.29, 1.82) is 0 Å². The third-order valence-electron chi connectivity index (χ3n) is 11.4. The van der Waals surface area contributed by atoms with E-state index < -0.39 is 144 Å². The van der Waals surface area contributed by atoms with Crippen molar-refractivity contribution in [3.8, 4) is 11.1 Å². The highest BCUT2D eigenvalue weighted by Gasteiger charge is 2.52. The highest BCUT2D eigenvalue weighted by atomic mass is 19.2. The van der Waals surface area contributed by atoms with Crippen LogP contribution in [0.3, 0.4) is 0 Å². The molecule has 7 aromatic carbocycles. The summed E-state index contributed by atoms with van der Waals surface area (Å²) in [7, 11) is 0. The van der Waals surface area contributed by atoms with E-state index in [-0.39, 0.29) is 6.10 Å². The Balaban J connectivity index is 0.000000221. The summed E-state index contributed by atoms with van der Waals surface area (Å²) in [5.74, 6) is -71.4. The lowest BCUT2D eigenvalue weighted by atomic mass is 9.12. The third-order valence-corrected chi connectivity index (χ3v) is 11.4. The minimum atomic E-state index is -7.22. The molecule has 1 aliphatic rings. The molecule has 0 bridgehead atoms. The summed E-state index contributed by atoms with van der Waals surface area (Å²) in [5, 5.41) is 2.38. The van der Waals surface area contributed by atoms with Crippen LogP contribution in [-0.2, 0) is 0 Å². The van der Waals surface area contributed by atoms with Crippen molar-refractivity contribution in [3.05, 3.63) is 219 Å². The summed E-state index contributed by atoms with van der Waals surface area (Å²) in [4.78, 5) is 6.35. The fraction of sp³-hybridized carbons (Fsp3) is 0.0217. The van der Waals surface area contributed by atoms with Crippen LogP contribution < -0.4 is 31.4 Å². The monoisotopic (exact) mass is 989 g/mol. The van der Waals surface area contributed by atoms with Gasteiger partial charge in [0.15, 0.2) is 69.8 Å². The smallest absolute Gasteiger partial charge is 0.230 e. The van der Waals surface area contributed by atoms with Crippen molar-refractivity contribution in [1.82, 2.24) is 0 Å². The second kappa shape index (κ2) is 17.5. The maximum atomic E-state index is 15.4. The van der Waals surface area contributed by atoms with E-state index in [9.17, 15) is 52.7 Å². The second-order valence-electron chi connectivity index (χ2n) is 14.9. The van der Waals surface area contributed by atoms with Gasteiger partial charge in [-0.25, -0.2) is 87.8 Å². The lowest BCUT2D eigenvalue weighted by Crippen LogP contribution is -2.81. The van der Waals surface area contributed by atoms with Gasteiger partial charge in [0.25, 0.3) is 0 Å². The van der Waals surface area contributed by atoms with Crippen molar-refractivity contribution < 1.29 is 97.4 Å². The van der Waals surface area contributed by atoms with Crippen molar-refractivity contribution >= 4 is 38.8 Å². The van der Waals surface area contributed by atoms with E-state index in [2.05, 4.69) is 72.8 Å². The molecule has 0 amide bonds. The first-order valence-electron chi connectivity index (χ1n) is 19.1. The zero-order chi connectivity index (χ0) is 50.3. The predicted molar refractivity (Wildman–Crippen MR) is 204 cm³/mol. The van der Waals surface area contributed by atoms with Crippen molar-refractivity contribution in [2.24, 2.45) is 0 Å². The highest BCUT2D eigenvalue weighted by molar-refractivity contribution is 7.20. The van der Waals surface area contributed by atoms with Gasteiger partial charge in [-0.05, 0) is 22.6 Å². The van der Waals surface area contributed by atoms with Crippen LogP contribution in [0.25, 0.3) is 21.9 Å². The number of halogens is 20. The van der Waals surface area contributed by atoms with Gasteiger partial charge in [-0.15, -0.1) is 21.9 Å². The first kappa shape index (κ1) is 47.9.